The molecule has 0 aromatic carbocycles. The van der Waals surface area contributed by atoms with Gasteiger partial charge in [0.05, 0.1) is 5.60 Å². The molecule has 0 amide bonds. The molecule has 0 fully saturated rings. The van der Waals surface area contributed by atoms with Crippen LogP contribution in [0, 0.1) is 5.92 Å². The van der Waals surface area contributed by atoms with E-state index < -0.39 is 11.6 Å². The molecule has 0 saturated carbocycles. The first-order valence-corrected chi connectivity index (χ1v) is 5.81. The van der Waals surface area contributed by atoms with Gasteiger partial charge in [0, 0.05) is 12.7 Å². The van der Waals surface area contributed by atoms with Gasteiger partial charge in [-0.2, -0.15) is 0 Å². The van der Waals surface area contributed by atoms with Crippen molar-refractivity contribution in [3.8, 4) is 0 Å². The Morgan fingerprint density at radius 3 is 2.78 bits per heavy atom. The monoisotopic (exact) mass is 253 g/mol. The van der Waals surface area contributed by atoms with Crippen LogP contribution in [0.2, 0.25) is 0 Å². The molecule has 6 heteroatoms. The minimum Gasteiger partial charge on any atom is -0.477 e. The van der Waals surface area contributed by atoms with Crippen molar-refractivity contribution in [2.45, 2.75) is 32.8 Å². The lowest BCUT2D eigenvalue weighted by molar-refractivity contribution is 0.0512. The Balaban J connectivity index is 2.71. The van der Waals surface area contributed by atoms with E-state index >= 15 is 0 Å². The molecule has 1 aromatic rings. The number of aromatic carboxylic acids is 1. The molecule has 1 rings (SSSR count). The van der Waals surface area contributed by atoms with E-state index in [4.69, 9.17) is 5.11 Å². The van der Waals surface area contributed by atoms with E-state index in [9.17, 15) is 9.90 Å². The predicted octanol–water partition coefficient (Wildman–Crippen LogP) is 1.38. The molecule has 3 N–H and O–H groups in total. The fourth-order valence-electron chi connectivity index (χ4n) is 1.85. The summed E-state index contributed by atoms with van der Waals surface area (Å²) in [7, 11) is 0. The van der Waals surface area contributed by atoms with Crippen LogP contribution in [0.15, 0.2) is 12.5 Å². The summed E-state index contributed by atoms with van der Waals surface area (Å²) in [5, 5.41) is 21.9. The Labute approximate surface area is 106 Å². The minimum atomic E-state index is -1.10. The van der Waals surface area contributed by atoms with E-state index in [-0.39, 0.29) is 17.9 Å². The standard InChI is InChI=1S/C12H19N3O3/c1-8(2)4-12(3,18)6-14-10-9(11(16)17)5-13-7-15-10/h5,7-8,18H,4,6H2,1-3H3,(H,16,17)(H,13,14,15). The fourth-order valence-corrected chi connectivity index (χ4v) is 1.85. The maximum absolute atomic E-state index is 10.9. The number of hydrogen-bond acceptors (Lipinski definition) is 5. The second kappa shape index (κ2) is 5.77. The van der Waals surface area contributed by atoms with Crippen molar-refractivity contribution in [1.82, 2.24) is 9.97 Å². The van der Waals surface area contributed by atoms with Crippen LogP contribution in [0.25, 0.3) is 0 Å². The summed E-state index contributed by atoms with van der Waals surface area (Å²) in [5.74, 6) is -0.519. The van der Waals surface area contributed by atoms with Gasteiger partial charge in [0.1, 0.15) is 17.7 Å². The first kappa shape index (κ1) is 14.4. The molecule has 6 nitrogen and oxygen atoms in total. The normalized spacial score (nSPS) is 14.3. The number of carboxylic acid groups (broad SMARTS) is 1. The van der Waals surface area contributed by atoms with Crippen molar-refractivity contribution in [2.75, 3.05) is 11.9 Å². The highest BCUT2D eigenvalue weighted by atomic mass is 16.4. The summed E-state index contributed by atoms with van der Waals surface area (Å²) < 4.78 is 0. The molecule has 0 radical (unpaired) electrons. The smallest absolute Gasteiger partial charge is 0.341 e. The van der Waals surface area contributed by atoms with Gasteiger partial charge in [-0.3, -0.25) is 0 Å². The summed E-state index contributed by atoms with van der Waals surface area (Å²) in [6.45, 7) is 5.98. The number of carbonyl (C=O) groups is 1. The second-order valence-electron chi connectivity index (χ2n) is 5.04. The summed E-state index contributed by atoms with van der Waals surface area (Å²) in [6.07, 6.45) is 3.12. The maximum atomic E-state index is 10.9. The average Bonchev–Trinajstić information content (AvgIpc) is 2.25. The first-order valence-electron chi connectivity index (χ1n) is 5.81. The van der Waals surface area contributed by atoms with Crippen LogP contribution in [0.4, 0.5) is 5.82 Å². The number of rotatable bonds is 6. The van der Waals surface area contributed by atoms with Crippen LogP contribution in [-0.2, 0) is 0 Å². The molecule has 0 aliphatic heterocycles. The molecule has 1 unspecified atom stereocenters. The number of carboxylic acids is 1. The first-order chi connectivity index (χ1) is 8.32. The van der Waals surface area contributed by atoms with Gasteiger partial charge in [0.25, 0.3) is 0 Å². The van der Waals surface area contributed by atoms with Gasteiger partial charge in [-0.1, -0.05) is 13.8 Å². The van der Waals surface area contributed by atoms with Crippen LogP contribution in [0.5, 0.6) is 0 Å². The summed E-state index contributed by atoms with van der Waals surface area (Å²) in [4.78, 5) is 18.5. The molecule has 18 heavy (non-hydrogen) atoms. The zero-order chi connectivity index (χ0) is 13.8. The molecule has 0 bridgehead atoms. The summed E-state index contributed by atoms with van der Waals surface area (Å²) in [6, 6.07) is 0. The Hall–Kier alpha value is -1.69. The highest BCUT2D eigenvalue weighted by Crippen LogP contribution is 2.18. The van der Waals surface area contributed by atoms with E-state index in [0.29, 0.717) is 12.3 Å². The average molecular weight is 253 g/mol. The largest absolute Gasteiger partial charge is 0.477 e. The fraction of sp³-hybridized carbons (Fsp3) is 0.583. The van der Waals surface area contributed by atoms with Gasteiger partial charge in [-0.25, -0.2) is 14.8 Å². The minimum absolute atomic E-state index is 0.00199. The third-order valence-electron chi connectivity index (χ3n) is 2.43. The molecule has 0 spiro atoms. The topological polar surface area (TPSA) is 95.3 Å². The summed E-state index contributed by atoms with van der Waals surface area (Å²) >= 11 is 0. The van der Waals surface area contributed by atoms with Crippen molar-refractivity contribution < 1.29 is 15.0 Å². The van der Waals surface area contributed by atoms with Crippen molar-refractivity contribution in [1.29, 1.82) is 0 Å². The predicted molar refractivity (Wildman–Crippen MR) is 67.6 cm³/mol. The molecule has 1 atom stereocenters. The van der Waals surface area contributed by atoms with E-state index in [1.54, 1.807) is 6.92 Å². The Bertz CT molecular complexity index is 419. The zero-order valence-corrected chi connectivity index (χ0v) is 10.8. The van der Waals surface area contributed by atoms with E-state index in [0.717, 1.165) is 0 Å². The van der Waals surface area contributed by atoms with Crippen molar-refractivity contribution in [3.05, 3.63) is 18.1 Å². The lowest BCUT2D eigenvalue weighted by Gasteiger charge is -2.26. The van der Waals surface area contributed by atoms with Gasteiger partial charge in [0.15, 0.2) is 0 Å². The molecular weight excluding hydrogens is 234 g/mol. The third-order valence-corrected chi connectivity index (χ3v) is 2.43. The third kappa shape index (κ3) is 4.29. The number of nitrogens with one attached hydrogen (secondary N) is 1. The van der Waals surface area contributed by atoms with Crippen molar-refractivity contribution >= 4 is 11.8 Å². The molecule has 1 aromatic heterocycles. The van der Waals surface area contributed by atoms with Crippen LogP contribution in [-0.4, -0.2) is 38.3 Å². The maximum Gasteiger partial charge on any atom is 0.341 e. The second-order valence-corrected chi connectivity index (χ2v) is 5.04. The van der Waals surface area contributed by atoms with E-state index in [1.165, 1.54) is 12.5 Å². The highest BCUT2D eigenvalue weighted by Gasteiger charge is 2.22. The molecule has 0 aliphatic rings. The molecular formula is C12H19N3O3. The highest BCUT2D eigenvalue weighted by molar-refractivity contribution is 5.92. The molecule has 0 saturated heterocycles. The van der Waals surface area contributed by atoms with Gasteiger partial charge < -0.3 is 15.5 Å². The quantitative estimate of drug-likeness (QED) is 0.709. The van der Waals surface area contributed by atoms with Gasteiger partial charge in [-0.15, -0.1) is 0 Å². The Kier molecular flexibility index (Phi) is 4.61. The summed E-state index contributed by atoms with van der Waals surface area (Å²) in [5.41, 5.74) is -0.910. The SMILES string of the molecule is CC(C)CC(C)(O)CNc1ncncc1C(=O)O. The molecule has 1 heterocycles. The van der Waals surface area contributed by atoms with Crippen molar-refractivity contribution in [3.63, 3.8) is 0 Å². The van der Waals surface area contributed by atoms with Gasteiger partial charge in [-0.05, 0) is 19.3 Å². The van der Waals surface area contributed by atoms with E-state index in [2.05, 4.69) is 15.3 Å². The number of nitrogens with zero attached hydrogens (tertiary/aromatic N) is 2. The Morgan fingerprint density at radius 2 is 2.22 bits per heavy atom. The lowest BCUT2D eigenvalue weighted by atomic mass is 9.94. The number of anilines is 1. The van der Waals surface area contributed by atoms with Crippen LogP contribution in [0.1, 0.15) is 37.6 Å². The zero-order valence-electron chi connectivity index (χ0n) is 10.8. The Morgan fingerprint density at radius 1 is 1.56 bits per heavy atom. The van der Waals surface area contributed by atoms with Crippen LogP contribution >= 0.6 is 0 Å². The van der Waals surface area contributed by atoms with Gasteiger partial charge in [0.2, 0.25) is 0 Å². The van der Waals surface area contributed by atoms with Crippen molar-refractivity contribution in [2.24, 2.45) is 5.92 Å². The molecule has 100 valence electrons. The molecule has 0 aliphatic carbocycles. The van der Waals surface area contributed by atoms with Crippen LogP contribution < -0.4 is 5.32 Å². The number of hydrogen-bond donors (Lipinski definition) is 3. The van der Waals surface area contributed by atoms with E-state index in [1.807, 2.05) is 13.8 Å². The van der Waals surface area contributed by atoms with Gasteiger partial charge >= 0.3 is 5.97 Å². The van der Waals surface area contributed by atoms with Crippen LogP contribution in [0.3, 0.4) is 0 Å². The number of aromatic nitrogens is 2. The lowest BCUT2D eigenvalue weighted by Crippen LogP contribution is -2.35. The number of aliphatic hydroxyl groups is 1.